The number of hydrogen-bond donors (Lipinski definition) is 2. The first-order chi connectivity index (χ1) is 14.9. The van der Waals surface area contributed by atoms with Crippen LogP contribution in [-0.2, 0) is 0 Å². The molecule has 1 aliphatic heterocycles. The number of carbonyl (C=O) groups is 1. The molecule has 3 heterocycles. The van der Waals surface area contributed by atoms with Crippen LogP contribution in [0, 0.1) is 0 Å². The summed E-state index contributed by atoms with van der Waals surface area (Å²) in [6.07, 6.45) is -2.07. The van der Waals surface area contributed by atoms with E-state index in [1.807, 2.05) is 12.1 Å². The number of fused-ring (bicyclic) bond motifs is 2. The highest BCUT2D eigenvalue weighted by molar-refractivity contribution is 6.05. The van der Waals surface area contributed by atoms with Gasteiger partial charge in [-0.15, -0.1) is 0 Å². The number of nitrogens with one attached hydrogen (secondary N) is 2. The lowest BCUT2D eigenvalue weighted by atomic mass is 10.0. The number of rotatable bonds is 3. The number of piperidine rings is 1. The molecule has 7 nitrogen and oxygen atoms in total. The molecule has 1 amide bonds. The van der Waals surface area contributed by atoms with Crippen LogP contribution in [0.5, 0.6) is 5.88 Å². The van der Waals surface area contributed by atoms with Gasteiger partial charge in [0.15, 0.2) is 6.10 Å². The summed E-state index contributed by atoms with van der Waals surface area (Å²) in [5.74, 6) is -3.48. The van der Waals surface area contributed by atoms with Gasteiger partial charge in [0, 0.05) is 24.4 Å². The molecule has 4 aromatic rings. The van der Waals surface area contributed by atoms with Crippen LogP contribution in [0.4, 0.5) is 8.78 Å². The Morgan fingerprint density at radius 1 is 1.10 bits per heavy atom. The molecule has 1 atom stereocenters. The summed E-state index contributed by atoms with van der Waals surface area (Å²) >= 11 is 0. The van der Waals surface area contributed by atoms with E-state index in [0.717, 1.165) is 5.39 Å². The molecule has 158 valence electrons. The van der Waals surface area contributed by atoms with Crippen molar-refractivity contribution in [3.63, 3.8) is 0 Å². The molecule has 2 aromatic carbocycles. The fraction of sp³-hybridized carbons (Fsp3) is 0.227. The van der Waals surface area contributed by atoms with Crippen molar-refractivity contribution in [1.29, 1.82) is 0 Å². The molecule has 0 bridgehead atoms. The van der Waals surface area contributed by atoms with Crippen LogP contribution in [-0.4, -0.2) is 51.1 Å². The molecule has 0 radical (unpaired) electrons. The van der Waals surface area contributed by atoms with E-state index in [0.29, 0.717) is 16.4 Å². The Balaban J connectivity index is 1.41. The van der Waals surface area contributed by atoms with E-state index >= 15 is 0 Å². The van der Waals surface area contributed by atoms with E-state index in [1.165, 1.54) is 4.90 Å². The molecule has 2 N–H and O–H groups in total. The Labute approximate surface area is 174 Å². The van der Waals surface area contributed by atoms with Crippen molar-refractivity contribution in [2.75, 3.05) is 13.1 Å². The van der Waals surface area contributed by atoms with Gasteiger partial charge in [-0.25, -0.2) is 13.8 Å². The minimum absolute atomic E-state index is 0.0785. The van der Waals surface area contributed by atoms with Gasteiger partial charge in [-0.2, -0.15) is 0 Å². The Morgan fingerprint density at radius 3 is 2.81 bits per heavy atom. The molecular weight excluding hydrogens is 406 g/mol. The molecule has 0 unspecified atom stereocenters. The van der Waals surface area contributed by atoms with Gasteiger partial charge >= 0.3 is 0 Å². The summed E-state index contributed by atoms with van der Waals surface area (Å²) < 4.78 is 34.8. The Hall–Kier alpha value is -3.75. The number of nitrogens with zero attached hydrogens (tertiary/aromatic N) is 2. The normalized spacial score (nSPS) is 18.4. The van der Waals surface area contributed by atoms with Crippen LogP contribution < -0.4 is 10.3 Å². The van der Waals surface area contributed by atoms with Crippen molar-refractivity contribution in [2.24, 2.45) is 0 Å². The van der Waals surface area contributed by atoms with Crippen molar-refractivity contribution >= 4 is 27.7 Å². The van der Waals surface area contributed by atoms with E-state index in [9.17, 15) is 18.4 Å². The zero-order chi connectivity index (χ0) is 21.6. The highest BCUT2D eigenvalue weighted by Crippen LogP contribution is 2.32. The predicted molar refractivity (Wildman–Crippen MR) is 111 cm³/mol. The average molecular weight is 424 g/mol. The summed E-state index contributed by atoms with van der Waals surface area (Å²) in [6.45, 7) is -0.423. The largest absolute Gasteiger partial charge is 0.466 e. The quantitative estimate of drug-likeness (QED) is 0.528. The van der Waals surface area contributed by atoms with E-state index < -0.39 is 24.4 Å². The van der Waals surface area contributed by atoms with Crippen LogP contribution in [0.25, 0.3) is 21.8 Å². The number of amides is 1. The summed E-state index contributed by atoms with van der Waals surface area (Å²) in [7, 11) is 0. The van der Waals surface area contributed by atoms with E-state index in [2.05, 4.69) is 15.2 Å². The fourth-order valence-electron chi connectivity index (χ4n) is 3.85. The van der Waals surface area contributed by atoms with Gasteiger partial charge in [-0.1, -0.05) is 24.3 Å². The number of H-pyrrole nitrogens is 2. The van der Waals surface area contributed by atoms with Crippen LogP contribution in [0.3, 0.4) is 0 Å². The monoisotopic (exact) mass is 424 g/mol. The number of halogens is 2. The lowest BCUT2D eigenvalue weighted by Gasteiger charge is -2.38. The second-order valence-electron chi connectivity index (χ2n) is 7.52. The van der Waals surface area contributed by atoms with E-state index in [1.54, 1.807) is 42.5 Å². The molecule has 0 aliphatic carbocycles. The third-order valence-electron chi connectivity index (χ3n) is 5.54. The van der Waals surface area contributed by atoms with E-state index in [4.69, 9.17) is 4.74 Å². The second-order valence-corrected chi connectivity index (χ2v) is 7.52. The van der Waals surface area contributed by atoms with Gasteiger partial charge < -0.3 is 9.64 Å². The number of aromatic nitrogens is 3. The molecule has 31 heavy (non-hydrogen) atoms. The van der Waals surface area contributed by atoms with Crippen molar-refractivity contribution in [3.8, 4) is 5.88 Å². The van der Waals surface area contributed by atoms with Gasteiger partial charge in [0.2, 0.25) is 5.88 Å². The number of likely N-dealkylation sites (tertiary alicyclic amines) is 1. The lowest BCUT2D eigenvalue weighted by molar-refractivity contribution is -0.131. The number of hydrogen-bond acceptors (Lipinski definition) is 4. The average Bonchev–Trinajstić information content (AvgIpc) is 3.15. The highest BCUT2D eigenvalue weighted by atomic mass is 19.3. The summed E-state index contributed by atoms with van der Waals surface area (Å²) in [5, 5.41) is 6.33. The fourth-order valence-corrected chi connectivity index (χ4v) is 3.85. The SMILES string of the molecule is O=C(c1cccc2c(=O)[nH][nH]c12)N1CCC(F)(F)[C@@H](Oc2ccc3ccccc3n2)C1. The Kier molecular flexibility index (Phi) is 4.46. The van der Waals surface area contributed by atoms with Gasteiger partial charge in [0.1, 0.15) is 0 Å². The molecule has 5 rings (SSSR count). The van der Waals surface area contributed by atoms with Crippen molar-refractivity contribution in [1.82, 2.24) is 20.1 Å². The first-order valence-electron chi connectivity index (χ1n) is 9.81. The van der Waals surface area contributed by atoms with Gasteiger partial charge in [-0.3, -0.25) is 19.8 Å². The van der Waals surface area contributed by atoms with Crippen LogP contribution in [0.15, 0.2) is 59.4 Å². The van der Waals surface area contributed by atoms with Gasteiger partial charge in [-0.05, 0) is 24.3 Å². The first kappa shape index (κ1) is 19.2. The van der Waals surface area contributed by atoms with Crippen LogP contribution >= 0.6 is 0 Å². The summed E-state index contributed by atoms with van der Waals surface area (Å²) in [5.41, 5.74) is 0.876. The molecule has 1 fully saturated rings. The maximum absolute atomic E-state index is 14.6. The first-order valence-corrected chi connectivity index (χ1v) is 9.81. The zero-order valence-electron chi connectivity index (χ0n) is 16.3. The lowest BCUT2D eigenvalue weighted by Crippen LogP contribution is -2.55. The molecule has 1 saturated heterocycles. The van der Waals surface area contributed by atoms with Crippen LogP contribution in [0.2, 0.25) is 0 Å². The minimum atomic E-state index is -3.11. The molecule has 2 aromatic heterocycles. The topological polar surface area (TPSA) is 91.1 Å². The molecule has 0 saturated carbocycles. The number of pyridine rings is 1. The summed E-state index contributed by atoms with van der Waals surface area (Å²) in [4.78, 5) is 30.5. The third-order valence-corrected chi connectivity index (χ3v) is 5.54. The number of ether oxygens (including phenoxy) is 1. The van der Waals surface area contributed by atoms with Crippen molar-refractivity contribution < 1.29 is 18.3 Å². The Morgan fingerprint density at radius 2 is 1.94 bits per heavy atom. The number of alkyl halides is 2. The van der Waals surface area contributed by atoms with Crippen LogP contribution in [0.1, 0.15) is 16.8 Å². The molecular formula is C22H18F2N4O3. The van der Waals surface area contributed by atoms with E-state index in [-0.39, 0.29) is 30.1 Å². The van der Waals surface area contributed by atoms with Gasteiger partial charge in [0.25, 0.3) is 17.4 Å². The van der Waals surface area contributed by atoms with Gasteiger partial charge in [0.05, 0.1) is 28.5 Å². The van der Waals surface area contributed by atoms with Crippen molar-refractivity contribution in [3.05, 3.63) is 70.5 Å². The molecule has 1 aliphatic rings. The van der Waals surface area contributed by atoms with Crippen molar-refractivity contribution in [2.45, 2.75) is 18.4 Å². The second kappa shape index (κ2) is 7.19. The highest BCUT2D eigenvalue weighted by Gasteiger charge is 2.47. The number of para-hydroxylation sites is 2. The number of benzene rings is 2. The predicted octanol–water partition coefficient (Wildman–Crippen LogP) is 3.33. The number of carbonyl (C=O) groups excluding carboxylic acids is 1. The zero-order valence-corrected chi connectivity index (χ0v) is 16.3. The maximum Gasteiger partial charge on any atom is 0.287 e. The summed E-state index contributed by atoms with van der Waals surface area (Å²) in [6, 6.07) is 15.3. The standard InChI is InChI=1S/C22H18F2N4O3/c23-22(24)10-11-28(21(30)15-6-3-5-14-19(15)26-27-20(14)29)12-17(22)31-18-9-8-13-4-1-2-7-16(13)25-18/h1-9,17H,10-12H2,(H2,26,27,29)/t17-/m0/s1. The maximum atomic E-state index is 14.6. The third kappa shape index (κ3) is 3.41. The Bertz CT molecular complexity index is 1350. The molecule has 0 spiro atoms. The molecule has 9 heteroatoms. The minimum Gasteiger partial charge on any atom is -0.466 e. The smallest absolute Gasteiger partial charge is 0.287 e. The number of aromatic amines is 2.